The first-order chi connectivity index (χ1) is 8.96. The third-order valence-electron chi connectivity index (χ3n) is 2.92. The van der Waals surface area contributed by atoms with E-state index in [9.17, 15) is 0 Å². The second kappa shape index (κ2) is 5.33. The molecule has 0 aliphatic heterocycles. The van der Waals surface area contributed by atoms with Crippen molar-refractivity contribution < 1.29 is 0 Å². The molecule has 0 bridgehead atoms. The predicted molar refractivity (Wildman–Crippen MR) is 82.9 cm³/mol. The lowest BCUT2D eigenvalue weighted by Crippen LogP contribution is -1.99. The molecule has 0 amide bonds. The van der Waals surface area contributed by atoms with Crippen molar-refractivity contribution in [3.63, 3.8) is 0 Å². The average Bonchev–Trinajstić information content (AvgIpc) is 2.37. The van der Waals surface area contributed by atoms with Gasteiger partial charge >= 0.3 is 0 Å². The van der Waals surface area contributed by atoms with E-state index in [2.05, 4.69) is 88.1 Å². The summed E-state index contributed by atoms with van der Waals surface area (Å²) in [5.41, 5.74) is 4.97. The van der Waals surface area contributed by atoms with Gasteiger partial charge in [-0.05, 0) is 56.5 Å². The molecule has 2 rings (SSSR count). The highest BCUT2D eigenvalue weighted by Gasteiger charge is 2.04. The smallest absolute Gasteiger partial charge is 0.0245 e. The van der Waals surface area contributed by atoms with Gasteiger partial charge in [0.1, 0.15) is 0 Å². The molecule has 19 heavy (non-hydrogen) atoms. The van der Waals surface area contributed by atoms with Crippen LogP contribution in [0.5, 0.6) is 0 Å². The molecule has 0 aliphatic carbocycles. The van der Waals surface area contributed by atoms with Crippen molar-refractivity contribution in [3.8, 4) is 23.0 Å². The van der Waals surface area contributed by atoms with Gasteiger partial charge in [0, 0.05) is 11.0 Å². The van der Waals surface area contributed by atoms with E-state index < -0.39 is 0 Å². The van der Waals surface area contributed by atoms with Crippen LogP contribution in [-0.2, 0) is 0 Å². The molecule has 0 heteroatoms. The summed E-state index contributed by atoms with van der Waals surface area (Å²) >= 11 is 0. The van der Waals surface area contributed by atoms with Crippen LogP contribution in [0, 0.1) is 24.2 Å². The van der Waals surface area contributed by atoms with Gasteiger partial charge in [0.2, 0.25) is 0 Å². The standard InChI is InChI=1S/C19H20/c1-15-7-5-6-8-18(15)17-11-9-16(10-12-17)13-14-19(2,3)4/h5-12H,1-4H3. The Labute approximate surface area is 116 Å². The van der Waals surface area contributed by atoms with Crippen LogP contribution in [-0.4, -0.2) is 0 Å². The zero-order chi connectivity index (χ0) is 13.9. The summed E-state index contributed by atoms with van der Waals surface area (Å²) in [6.45, 7) is 8.52. The minimum Gasteiger partial charge on any atom is -0.0920 e. The largest absolute Gasteiger partial charge is 0.0920 e. The van der Waals surface area contributed by atoms with Crippen molar-refractivity contribution in [2.24, 2.45) is 5.41 Å². The van der Waals surface area contributed by atoms with Crippen molar-refractivity contribution in [1.29, 1.82) is 0 Å². The fourth-order valence-electron chi connectivity index (χ4n) is 1.89. The van der Waals surface area contributed by atoms with Gasteiger partial charge in [-0.3, -0.25) is 0 Å². The van der Waals surface area contributed by atoms with Gasteiger partial charge in [0.15, 0.2) is 0 Å². The first-order valence-electron chi connectivity index (χ1n) is 6.65. The highest BCUT2D eigenvalue weighted by atomic mass is 14.1. The summed E-state index contributed by atoms with van der Waals surface area (Å²) in [5, 5.41) is 0. The Bertz CT molecular complexity index is 614. The maximum Gasteiger partial charge on any atom is 0.0245 e. The van der Waals surface area contributed by atoms with Crippen LogP contribution in [0.4, 0.5) is 0 Å². The molecule has 0 nitrogen and oxygen atoms in total. The number of hydrogen-bond donors (Lipinski definition) is 0. The van der Waals surface area contributed by atoms with Crippen molar-refractivity contribution in [2.75, 3.05) is 0 Å². The van der Waals surface area contributed by atoms with Crippen LogP contribution in [0.15, 0.2) is 48.5 Å². The molecule has 2 aromatic carbocycles. The second-order valence-corrected chi connectivity index (χ2v) is 5.89. The zero-order valence-electron chi connectivity index (χ0n) is 12.1. The highest BCUT2D eigenvalue weighted by molar-refractivity contribution is 5.67. The van der Waals surface area contributed by atoms with Gasteiger partial charge in [0.25, 0.3) is 0 Å². The first kappa shape index (κ1) is 13.4. The molecule has 0 fully saturated rings. The van der Waals surface area contributed by atoms with E-state index in [1.165, 1.54) is 16.7 Å². The Kier molecular flexibility index (Phi) is 3.76. The summed E-state index contributed by atoms with van der Waals surface area (Å²) in [6.07, 6.45) is 0. The molecule has 0 aliphatic rings. The Morgan fingerprint density at radius 1 is 0.842 bits per heavy atom. The van der Waals surface area contributed by atoms with Gasteiger partial charge in [0.05, 0.1) is 0 Å². The van der Waals surface area contributed by atoms with E-state index in [-0.39, 0.29) is 5.41 Å². The number of aryl methyl sites for hydroxylation is 1. The topological polar surface area (TPSA) is 0 Å². The number of benzene rings is 2. The Morgan fingerprint density at radius 2 is 1.47 bits per heavy atom. The minimum atomic E-state index is 0.0503. The molecular weight excluding hydrogens is 228 g/mol. The third-order valence-corrected chi connectivity index (χ3v) is 2.92. The number of hydrogen-bond acceptors (Lipinski definition) is 0. The molecule has 0 heterocycles. The van der Waals surface area contributed by atoms with Crippen molar-refractivity contribution in [2.45, 2.75) is 27.7 Å². The van der Waals surface area contributed by atoms with Gasteiger partial charge in [-0.2, -0.15) is 0 Å². The molecule has 0 spiro atoms. The van der Waals surface area contributed by atoms with Gasteiger partial charge in [-0.25, -0.2) is 0 Å². The Hall–Kier alpha value is -2.00. The van der Waals surface area contributed by atoms with E-state index in [1.54, 1.807) is 0 Å². The normalized spacial score (nSPS) is 10.7. The van der Waals surface area contributed by atoms with E-state index >= 15 is 0 Å². The van der Waals surface area contributed by atoms with Crippen LogP contribution in [0.2, 0.25) is 0 Å². The van der Waals surface area contributed by atoms with Gasteiger partial charge in [-0.15, -0.1) is 0 Å². The maximum absolute atomic E-state index is 3.26. The molecule has 96 valence electrons. The fraction of sp³-hybridized carbons (Fsp3) is 0.263. The van der Waals surface area contributed by atoms with Gasteiger partial charge < -0.3 is 0 Å². The van der Waals surface area contributed by atoms with Gasteiger partial charge in [-0.1, -0.05) is 48.2 Å². The van der Waals surface area contributed by atoms with Crippen molar-refractivity contribution in [1.82, 2.24) is 0 Å². The quantitative estimate of drug-likeness (QED) is 0.619. The van der Waals surface area contributed by atoms with E-state index in [4.69, 9.17) is 0 Å². The summed E-state index contributed by atoms with van der Waals surface area (Å²) in [7, 11) is 0. The minimum absolute atomic E-state index is 0.0503. The third kappa shape index (κ3) is 3.73. The molecular formula is C19H20. The van der Waals surface area contributed by atoms with Crippen LogP contribution < -0.4 is 0 Å². The summed E-state index contributed by atoms with van der Waals surface area (Å²) in [4.78, 5) is 0. The fourth-order valence-corrected chi connectivity index (χ4v) is 1.89. The SMILES string of the molecule is Cc1ccccc1-c1ccc(C#CC(C)(C)C)cc1. The maximum atomic E-state index is 3.26. The highest BCUT2D eigenvalue weighted by Crippen LogP contribution is 2.23. The van der Waals surface area contributed by atoms with E-state index in [0.29, 0.717) is 0 Å². The first-order valence-corrected chi connectivity index (χ1v) is 6.65. The Morgan fingerprint density at radius 3 is 2.05 bits per heavy atom. The lowest BCUT2D eigenvalue weighted by molar-refractivity contribution is 0.571. The monoisotopic (exact) mass is 248 g/mol. The second-order valence-electron chi connectivity index (χ2n) is 5.89. The van der Waals surface area contributed by atoms with Crippen LogP contribution in [0.1, 0.15) is 31.9 Å². The van der Waals surface area contributed by atoms with Crippen molar-refractivity contribution in [3.05, 3.63) is 59.7 Å². The molecule has 0 saturated carbocycles. The summed E-state index contributed by atoms with van der Waals surface area (Å²) in [5.74, 6) is 6.49. The lowest BCUT2D eigenvalue weighted by Gasteiger charge is -2.07. The summed E-state index contributed by atoms with van der Waals surface area (Å²) < 4.78 is 0. The molecule has 0 atom stereocenters. The molecule has 0 saturated heterocycles. The van der Waals surface area contributed by atoms with E-state index in [1.807, 2.05) is 0 Å². The predicted octanol–water partition coefficient (Wildman–Crippen LogP) is 5.06. The van der Waals surface area contributed by atoms with Crippen molar-refractivity contribution >= 4 is 0 Å². The van der Waals surface area contributed by atoms with E-state index in [0.717, 1.165) is 5.56 Å². The average molecular weight is 248 g/mol. The molecule has 0 N–H and O–H groups in total. The zero-order valence-corrected chi connectivity index (χ0v) is 12.1. The summed E-state index contributed by atoms with van der Waals surface area (Å²) in [6, 6.07) is 16.9. The Balaban J connectivity index is 2.29. The molecule has 0 unspecified atom stereocenters. The number of rotatable bonds is 1. The molecule has 0 radical (unpaired) electrons. The van der Waals surface area contributed by atoms with Crippen LogP contribution >= 0.6 is 0 Å². The van der Waals surface area contributed by atoms with Crippen LogP contribution in [0.25, 0.3) is 11.1 Å². The van der Waals surface area contributed by atoms with Crippen LogP contribution in [0.3, 0.4) is 0 Å². The lowest BCUT2D eigenvalue weighted by atomic mass is 9.96. The molecule has 2 aromatic rings. The molecule has 0 aromatic heterocycles.